The summed E-state index contributed by atoms with van der Waals surface area (Å²) in [4.78, 5) is 19.6. The van der Waals surface area contributed by atoms with Gasteiger partial charge in [-0.3, -0.25) is 4.79 Å². The summed E-state index contributed by atoms with van der Waals surface area (Å²) in [5.74, 6) is 0.603. The Bertz CT molecular complexity index is 557. The molecule has 0 unspecified atom stereocenters. The first kappa shape index (κ1) is 14.5. The molecule has 0 atom stereocenters. The molecule has 2 rings (SSSR count). The maximum atomic E-state index is 11.8. The predicted molar refractivity (Wildman–Crippen MR) is 78.4 cm³/mol. The van der Waals surface area contributed by atoms with Crippen molar-refractivity contribution in [3.05, 3.63) is 30.1 Å². The van der Waals surface area contributed by atoms with E-state index in [1.807, 2.05) is 45.0 Å². The normalized spacial score (nSPS) is 11.8. The van der Waals surface area contributed by atoms with Gasteiger partial charge in [-0.25, -0.2) is 4.98 Å². The van der Waals surface area contributed by atoms with E-state index in [-0.39, 0.29) is 12.5 Å². The molecule has 2 aromatic rings. The molecule has 5 heteroatoms. The Morgan fingerprint density at radius 3 is 2.85 bits per heavy atom. The highest BCUT2D eigenvalue weighted by atomic mass is 16.5. The van der Waals surface area contributed by atoms with Crippen molar-refractivity contribution < 1.29 is 9.53 Å². The van der Waals surface area contributed by atoms with E-state index in [4.69, 9.17) is 4.74 Å². The Morgan fingerprint density at radius 1 is 1.40 bits per heavy atom. The number of carbonyl (C=O) groups is 1. The Morgan fingerprint density at radius 2 is 2.15 bits per heavy atom. The molecule has 20 heavy (non-hydrogen) atoms. The second kappa shape index (κ2) is 6.05. The molecule has 0 spiro atoms. The molecule has 0 aliphatic heterocycles. The minimum atomic E-state index is -0.564. The van der Waals surface area contributed by atoms with Gasteiger partial charge in [-0.05, 0) is 32.4 Å². The number of hydrogen-bond donors (Lipinski definition) is 2. The van der Waals surface area contributed by atoms with Crippen molar-refractivity contribution in [3.63, 3.8) is 0 Å². The number of H-pyrrole nitrogens is 1. The van der Waals surface area contributed by atoms with Gasteiger partial charge in [0.15, 0.2) is 0 Å². The van der Waals surface area contributed by atoms with E-state index >= 15 is 0 Å². The molecule has 0 fully saturated rings. The maximum absolute atomic E-state index is 11.8. The smallest absolute Gasteiger partial charge is 0.246 e. The summed E-state index contributed by atoms with van der Waals surface area (Å²) in [6, 6.07) is 7.80. The van der Waals surface area contributed by atoms with E-state index in [9.17, 15) is 4.79 Å². The minimum absolute atomic E-state index is 0.0809. The second-order valence-corrected chi connectivity index (χ2v) is 5.33. The summed E-state index contributed by atoms with van der Waals surface area (Å²) >= 11 is 0. The molecular formula is C15H21N3O2. The summed E-state index contributed by atoms with van der Waals surface area (Å²) < 4.78 is 5.24. The van der Waals surface area contributed by atoms with Gasteiger partial charge < -0.3 is 15.0 Å². The topological polar surface area (TPSA) is 67.0 Å². The van der Waals surface area contributed by atoms with Crippen molar-refractivity contribution in [1.29, 1.82) is 0 Å². The zero-order valence-electron chi connectivity index (χ0n) is 12.2. The molecule has 108 valence electrons. The fourth-order valence-corrected chi connectivity index (χ4v) is 2.00. The molecule has 5 nitrogen and oxygen atoms in total. The van der Waals surface area contributed by atoms with Crippen LogP contribution in [-0.2, 0) is 15.1 Å². The highest BCUT2D eigenvalue weighted by Crippen LogP contribution is 2.20. The zero-order valence-corrected chi connectivity index (χ0v) is 12.2. The van der Waals surface area contributed by atoms with Gasteiger partial charge in [0.25, 0.3) is 0 Å². The van der Waals surface area contributed by atoms with E-state index in [2.05, 4.69) is 15.3 Å². The number of fused-ring (bicyclic) bond motifs is 1. The third kappa shape index (κ3) is 3.36. The van der Waals surface area contributed by atoms with Crippen molar-refractivity contribution >= 4 is 16.9 Å². The highest BCUT2D eigenvalue weighted by molar-refractivity contribution is 5.79. The van der Waals surface area contributed by atoms with Crippen molar-refractivity contribution in [2.45, 2.75) is 32.7 Å². The summed E-state index contributed by atoms with van der Waals surface area (Å²) in [5, 5.41) is 2.93. The van der Waals surface area contributed by atoms with Gasteiger partial charge in [-0.1, -0.05) is 19.1 Å². The highest BCUT2D eigenvalue weighted by Gasteiger charge is 2.26. The average Bonchev–Trinajstić information content (AvgIpc) is 2.83. The van der Waals surface area contributed by atoms with Gasteiger partial charge in [0.2, 0.25) is 5.91 Å². The van der Waals surface area contributed by atoms with Gasteiger partial charge >= 0.3 is 0 Å². The number of benzene rings is 1. The van der Waals surface area contributed by atoms with Gasteiger partial charge in [0, 0.05) is 6.61 Å². The largest absolute Gasteiger partial charge is 0.372 e. The monoisotopic (exact) mass is 275 g/mol. The van der Waals surface area contributed by atoms with Crippen LogP contribution in [0.5, 0.6) is 0 Å². The molecule has 2 N–H and O–H groups in total. The number of nitrogens with one attached hydrogen (secondary N) is 2. The van der Waals surface area contributed by atoms with Crippen LogP contribution in [0.2, 0.25) is 0 Å². The number of aromatic amines is 1. The van der Waals surface area contributed by atoms with Gasteiger partial charge in [0.1, 0.15) is 12.4 Å². The van der Waals surface area contributed by atoms with Crippen LogP contribution in [0.3, 0.4) is 0 Å². The number of amides is 1. The van der Waals surface area contributed by atoms with E-state index in [1.165, 1.54) is 0 Å². The molecule has 1 aromatic carbocycles. The number of ether oxygens (including phenoxy) is 1. The quantitative estimate of drug-likeness (QED) is 0.795. The molecule has 0 aliphatic rings. The lowest BCUT2D eigenvalue weighted by molar-refractivity contribution is -0.127. The second-order valence-electron chi connectivity index (χ2n) is 5.33. The number of carbonyl (C=O) groups excluding carboxylic acids is 1. The molecule has 0 radical (unpaired) electrons. The first-order chi connectivity index (χ1) is 9.53. The first-order valence-corrected chi connectivity index (χ1v) is 6.87. The third-order valence-electron chi connectivity index (χ3n) is 3.01. The Labute approximate surface area is 118 Å². The predicted octanol–water partition coefficient (Wildman–Crippen LogP) is 2.34. The van der Waals surface area contributed by atoms with Crippen molar-refractivity contribution in [1.82, 2.24) is 15.3 Å². The Hall–Kier alpha value is -1.88. The van der Waals surface area contributed by atoms with Crippen molar-refractivity contribution in [2.75, 3.05) is 13.2 Å². The molecule has 0 saturated carbocycles. The number of nitrogens with zero attached hydrogens (tertiary/aromatic N) is 1. The van der Waals surface area contributed by atoms with E-state index in [0.717, 1.165) is 23.3 Å². The van der Waals surface area contributed by atoms with Crippen LogP contribution in [0.4, 0.5) is 0 Å². The summed E-state index contributed by atoms with van der Waals surface area (Å²) in [6.07, 6.45) is 0.903. The number of imidazole rings is 1. The summed E-state index contributed by atoms with van der Waals surface area (Å²) in [6.45, 7) is 6.52. The van der Waals surface area contributed by atoms with Crippen LogP contribution in [0.25, 0.3) is 11.0 Å². The van der Waals surface area contributed by atoms with E-state index in [1.54, 1.807) is 0 Å². The van der Waals surface area contributed by atoms with Crippen LogP contribution in [0.15, 0.2) is 24.3 Å². The maximum Gasteiger partial charge on any atom is 0.246 e. The molecule has 1 amide bonds. The molecule has 0 saturated heterocycles. The third-order valence-corrected chi connectivity index (χ3v) is 3.01. The Balaban J connectivity index is 2.07. The minimum Gasteiger partial charge on any atom is -0.372 e. The van der Waals surface area contributed by atoms with E-state index < -0.39 is 5.54 Å². The summed E-state index contributed by atoms with van der Waals surface area (Å²) in [7, 11) is 0. The standard InChI is InChI=1S/C15H21N3O2/c1-4-9-20-10-13(19)18-15(2,3)14-16-11-7-5-6-8-12(11)17-14/h5-8H,4,9-10H2,1-3H3,(H,16,17)(H,18,19). The molecule has 0 bridgehead atoms. The molecule has 1 heterocycles. The average molecular weight is 275 g/mol. The first-order valence-electron chi connectivity index (χ1n) is 6.87. The summed E-state index contributed by atoms with van der Waals surface area (Å²) in [5.41, 5.74) is 1.30. The lowest BCUT2D eigenvalue weighted by Gasteiger charge is -2.23. The van der Waals surface area contributed by atoms with Gasteiger partial charge in [0.05, 0.1) is 16.6 Å². The van der Waals surface area contributed by atoms with Crippen LogP contribution >= 0.6 is 0 Å². The lowest BCUT2D eigenvalue weighted by Crippen LogP contribution is -2.43. The number of hydrogen-bond acceptors (Lipinski definition) is 3. The number of aromatic nitrogens is 2. The Kier molecular flexibility index (Phi) is 4.39. The fourth-order valence-electron chi connectivity index (χ4n) is 2.00. The van der Waals surface area contributed by atoms with Crippen molar-refractivity contribution in [2.24, 2.45) is 0 Å². The van der Waals surface area contributed by atoms with Crippen LogP contribution in [0, 0.1) is 0 Å². The van der Waals surface area contributed by atoms with Crippen LogP contribution in [0.1, 0.15) is 33.0 Å². The van der Waals surface area contributed by atoms with Gasteiger partial charge in [-0.15, -0.1) is 0 Å². The lowest BCUT2D eigenvalue weighted by atomic mass is 10.1. The molecule has 0 aliphatic carbocycles. The SMILES string of the molecule is CCCOCC(=O)NC(C)(C)c1nc2ccccc2[nH]1. The van der Waals surface area contributed by atoms with Gasteiger partial charge in [-0.2, -0.15) is 0 Å². The van der Waals surface area contributed by atoms with E-state index in [0.29, 0.717) is 6.61 Å². The zero-order chi connectivity index (χ0) is 14.6. The molecule has 1 aromatic heterocycles. The number of rotatable bonds is 6. The molecular weight excluding hydrogens is 254 g/mol. The van der Waals surface area contributed by atoms with Crippen molar-refractivity contribution in [3.8, 4) is 0 Å². The number of para-hydroxylation sites is 2. The van der Waals surface area contributed by atoms with Crippen LogP contribution < -0.4 is 5.32 Å². The van der Waals surface area contributed by atoms with Crippen LogP contribution in [-0.4, -0.2) is 29.1 Å². The fraction of sp³-hybridized carbons (Fsp3) is 0.467.